The van der Waals surface area contributed by atoms with Crippen molar-refractivity contribution in [2.24, 2.45) is 4.99 Å². The van der Waals surface area contributed by atoms with Crippen LogP contribution in [0.2, 0.25) is 0 Å². The minimum absolute atomic E-state index is 0. The number of halogens is 1. The third-order valence-corrected chi connectivity index (χ3v) is 5.69. The van der Waals surface area contributed by atoms with Crippen LogP contribution in [0.4, 0.5) is 0 Å². The van der Waals surface area contributed by atoms with Crippen LogP contribution in [0, 0.1) is 0 Å². The van der Waals surface area contributed by atoms with Crippen molar-refractivity contribution in [3.05, 3.63) is 35.4 Å². The van der Waals surface area contributed by atoms with E-state index in [1.54, 1.807) is 7.05 Å². The Labute approximate surface area is 210 Å². The fourth-order valence-electron chi connectivity index (χ4n) is 4.21. The van der Waals surface area contributed by atoms with Gasteiger partial charge in [0.05, 0.1) is 24.9 Å². The second-order valence-electron chi connectivity index (χ2n) is 8.68. The maximum Gasteiger partial charge on any atom is 0.191 e. The maximum atomic E-state index is 5.83. The molecule has 182 valence electrons. The van der Waals surface area contributed by atoms with E-state index in [9.17, 15) is 0 Å². The van der Waals surface area contributed by atoms with Crippen LogP contribution >= 0.6 is 24.0 Å². The van der Waals surface area contributed by atoms with E-state index < -0.39 is 0 Å². The van der Waals surface area contributed by atoms with Crippen LogP contribution in [0.5, 0.6) is 0 Å². The predicted molar refractivity (Wildman–Crippen MR) is 140 cm³/mol. The van der Waals surface area contributed by atoms with Crippen molar-refractivity contribution in [2.75, 3.05) is 46.5 Å². The van der Waals surface area contributed by atoms with E-state index in [1.165, 1.54) is 11.1 Å². The van der Waals surface area contributed by atoms with Crippen molar-refractivity contribution in [2.45, 2.75) is 64.5 Å². The van der Waals surface area contributed by atoms with E-state index in [1.807, 2.05) is 0 Å². The lowest BCUT2D eigenvalue weighted by molar-refractivity contribution is -0.0704. The van der Waals surface area contributed by atoms with Gasteiger partial charge < -0.3 is 24.8 Å². The summed E-state index contributed by atoms with van der Waals surface area (Å²) in [6.45, 7) is 11.2. The molecule has 2 fully saturated rings. The highest BCUT2D eigenvalue weighted by Crippen LogP contribution is 2.15. The molecular formula is C24H41IN4O3. The third-order valence-electron chi connectivity index (χ3n) is 5.69. The first-order valence-electron chi connectivity index (χ1n) is 11.7. The summed E-state index contributed by atoms with van der Waals surface area (Å²) in [6.07, 6.45) is 4.14. The number of hydrogen-bond acceptors (Lipinski definition) is 5. The zero-order valence-electron chi connectivity index (χ0n) is 19.8. The Bertz CT molecular complexity index is 658. The molecule has 0 radical (unpaired) electrons. The molecule has 1 aromatic rings. The van der Waals surface area contributed by atoms with E-state index in [2.05, 4.69) is 58.6 Å². The number of rotatable bonds is 10. The van der Waals surface area contributed by atoms with Gasteiger partial charge in [-0.1, -0.05) is 24.3 Å². The lowest BCUT2D eigenvalue weighted by Gasteiger charge is -2.35. The summed E-state index contributed by atoms with van der Waals surface area (Å²) >= 11 is 0. The predicted octanol–water partition coefficient (Wildman–Crippen LogP) is 3.16. The standard InChI is InChI=1S/C24H40N4O3.HI/c1-19-15-28(16-20(2)31-19)17-22-9-7-21(8-10-22)14-27-24(25-3)26-11-5-12-29-18-23-6-4-13-30-23;/h7-10,19-20,23H,4-6,11-18H2,1-3H3,(H2,25,26,27);1H. The Morgan fingerprint density at radius 2 is 1.84 bits per heavy atom. The highest BCUT2D eigenvalue weighted by Gasteiger charge is 2.22. The van der Waals surface area contributed by atoms with Crippen molar-refractivity contribution in [3.8, 4) is 0 Å². The van der Waals surface area contributed by atoms with Crippen LogP contribution in [0.3, 0.4) is 0 Å². The molecule has 0 aromatic heterocycles. The van der Waals surface area contributed by atoms with Gasteiger partial charge in [0, 0.05) is 53.0 Å². The molecule has 2 N–H and O–H groups in total. The molecule has 3 rings (SSSR count). The van der Waals surface area contributed by atoms with Gasteiger partial charge in [-0.2, -0.15) is 0 Å². The Kier molecular flexibility index (Phi) is 12.8. The number of nitrogens with one attached hydrogen (secondary N) is 2. The second kappa shape index (κ2) is 15.1. The lowest BCUT2D eigenvalue weighted by atomic mass is 10.1. The fraction of sp³-hybridized carbons (Fsp3) is 0.708. The van der Waals surface area contributed by atoms with Gasteiger partial charge in [-0.25, -0.2) is 0 Å². The Balaban J connectivity index is 0.00000363. The molecular weight excluding hydrogens is 519 g/mol. The van der Waals surface area contributed by atoms with Crippen LogP contribution in [-0.2, 0) is 27.3 Å². The van der Waals surface area contributed by atoms with Crippen LogP contribution < -0.4 is 10.6 Å². The average Bonchev–Trinajstić information content (AvgIpc) is 3.26. The number of guanidine groups is 1. The van der Waals surface area contributed by atoms with Gasteiger partial charge in [-0.05, 0) is 44.2 Å². The molecule has 7 nitrogen and oxygen atoms in total. The molecule has 3 unspecified atom stereocenters. The van der Waals surface area contributed by atoms with E-state index in [0.717, 1.165) is 71.2 Å². The lowest BCUT2D eigenvalue weighted by Crippen LogP contribution is -2.44. The number of ether oxygens (including phenoxy) is 3. The molecule has 2 aliphatic rings. The molecule has 2 saturated heterocycles. The van der Waals surface area contributed by atoms with Gasteiger partial charge in [0.2, 0.25) is 0 Å². The molecule has 0 saturated carbocycles. The third kappa shape index (κ3) is 9.91. The first-order valence-corrected chi connectivity index (χ1v) is 11.7. The summed E-state index contributed by atoms with van der Waals surface area (Å²) < 4.78 is 17.1. The molecule has 1 aromatic carbocycles. The normalized spacial score (nSPS) is 24.2. The minimum atomic E-state index is 0. The summed E-state index contributed by atoms with van der Waals surface area (Å²) in [5.74, 6) is 0.819. The summed E-state index contributed by atoms with van der Waals surface area (Å²) in [5, 5.41) is 6.74. The highest BCUT2D eigenvalue weighted by atomic mass is 127. The first-order chi connectivity index (χ1) is 15.1. The molecule has 0 amide bonds. The first kappa shape index (κ1) is 27.3. The van der Waals surface area contributed by atoms with Gasteiger partial charge in [0.25, 0.3) is 0 Å². The number of benzene rings is 1. The van der Waals surface area contributed by atoms with Gasteiger partial charge in [0.1, 0.15) is 0 Å². The Morgan fingerprint density at radius 3 is 2.50 bits per heavy atom. The number of hydrogen-bond donors (Lipinski definition) is 2. The van der Waals surface area contributed by atoms with Gasteiger partial charge in [-0.3, -0.25) is 9.89 Å². The van der Waals surface area contributed by atoms with Gasteiger partial charge >= 0.3 is 0 Å². The van der Waals surface area contributed by atoms with Crippen LogP contribution in [0.1, 0.15) is 44.2 Å². The molecule has 0 bridgehead atoms. The maximum absolute atomic E-state index is 5.83. The average molecular weight is 561 g/mol. The van der Waals surface area contributed by atoms with Crippen molar-refractivity contribution < 1.29 is 14.2 Å². The SMILES string of the molecule is CN=C(NCCCOCC1CCCO1)NCc1ccc(CN2CC(C)OC(C)C2)cc1.I. The molecule has 2 aliphatic heterocycles. The molecule has 2 heterocycles. The topological polar surface area (TPSA) is 67.4 Å². The van der Waals surface area contributed by atoms with Crippen molar-refractivity contribution in [3.63, 3.8) is 0 Å². The smallest absolute Gasteiger partial charge is 0.191 e. The minimum Gasteiger partial charge on any atom is -0.379 e. The largest absolute Gasteiger partial charge is 0.379 e. The van der Waals surface area contributed by atoms with Gasteiger partial charge in [-0.15, -0.1) is 24.0 Å². The molecule has 0 aliphatic carbocycles. The van der Waals surface area contributed by atoms with Crippen molar-refractivity contribution in [1.29, 1.82) is 0 Å². The highest BCUT2D eigenvalue weighted by molar-refractivity contribution is 14.0. The number of nitrogens with zero attached hydrogens (tertiary/aromatic N) is 2. The number of morpholine rings is 1. The van der Waals surface area contributed by atoms with E-state index >= 15 is 0 Å². The molecule has 0 spiro atoms. The molecule has 8 heteroatoms. The summed E-state index contributed by atoms with van der Waals surface area (Å²) in [4.78, 5) is 6.78. The van der Waals surface area contributed by atoms with Crippen LogP contribution in [0.25, 0.3) is 0 Å². The molecule has 32 heavy (non-hydrogen) atoms. The van der Waals surface area contributed by atoms with Crippen LogP contribution in [0.15, 0.2) is 29.3 Å². The Hall–Kier alpha value is -0.940. The van der Waals surface area contributed by atoms with Crippen molar-refractivity contribution >= 4 is 29.9 Å². The molecule has 3 atom stereocenters. The summed E-state index contributed by atoms with van der Waals surface area (Å²) in [6, 6.07) is 8.84. The van der Waals surface area contributed by atoms with E-state index in [-0.39, 0.29) is 24.0 Å². The second-order valence-corrected chi connectivity index (χ2v) is 8.68. The van der Waals surface area contributed by atoms with E-state index in [0.29, 0.717) is 24.9 Å². The number of aliphatic imine (C=N–C) groups is 1. The van der Waals surface area contributed by atoms with Crippen LogP contribution in [-0.4, -0.2) is 75.7 Å². The zero-order chi connectivity index (χ0) is 21.9. The van der Waals surface area contributed by atoms with E-state index in [4.69, 9.17) is 14.2 Å². The summed E-state index contributed by atoms with van der Waals surface area (Å²) in [7, 11) is 1.80. The van der Waals surface area contributed by atoms with Gasteiger partial charge in [0.15, 0.2) is 5.96 Å². The zero-order valence-corrected chi connectivity index (χ0v) is 22.2. The monoisotopic (exact) mass is 560 g/mol. The Morgan fingerprint density at radius 1 is 1.12 bits per heavy atom. The van der Waals surface area contributed by atoms with Crippen molar-refractivity contribution in [1.82, 2.24) is 15.5 Å². The fourth-order valence-corrected chi connectivity index (χ4v) is 4.21. The quantitative estimate of drug-likeness (QED) is 0.199. The summed E-state index contributed by atoms with van der Waals surface area (Å²) in [5.41, 5.74) is 2.59.